The molecular formula is C20H26N4O3. The number of ether oxygens (including phenoxy) is 1. The smallest absolute Gasteiger partial charge is 0.340 e. The summed E-state index contributed by atoms with van der Waals surface area (Å²) in [5.74, 6) is -0.857. The van der Waals surface area contributed by atoms with E-state index >= 15 is 0 Å². The van der Waals surface area contributed by atoms with Crippen LogP contribution >= 0.6 is 0 Å². The Morgan fingerprint density at radius 1 is 1.15 bits per heavy atom. The van der Waals surface area contributed by atoms with Crippen molar-refractivity contribution in [2.45, 2.75) is 13.3 Å². The number of para-hydroxylation sites is 1. The van der Waals surface area contributed by atoms with Crippen molar-refractivity contribution in [1.82, 2.24) is 9.88 Å². The molecule has 0 aliphatic heterocycles. The van der Waals surface area contributed by atoms with Crippen molar-refractivity contribution in [2.75, 3.05) is 44.4 Å². The summed E-state index contributed by atoms with van der Waals surface area (Å²) >= 11 is 0. The lowest BCUT2D eigenvalue weighted by atomic mass is 10.1. The number of pyridine rings is 1. The zero-order valence-corrected chi connectivity index (χ0v) is 16.0. The number of hydrogen-bond acceptors (Lipinski definition) is 6. The lowest BCUT2D eigenvalue weighted by Crippen LogP contribution is -2.17. The molecule has 0 atom stereocenters. The lowest BCUT2D eigenvalue weighted by Gasteiger charge is -2.11. The summed E-state index contributed by atoms with van der Waals surface area (Å²) in [7, 11) is 4.07. The predicted octanol–water partition coefficient (Wildman–Crippen LogP) is 2.87. The van der Waals surface area contributed by atoms with Gasteiger partial charge < -0.3 is 20.3 Å². The van der Waals surface area contributed by atoms with Gasteiger partial charge in [0.2, 0.25) is 0 Å². The Bertz CT molecular complexity index is 760. The van der Waals surface area contributed by atoms with Gasteiger partial charge in [-0.2, -0.15) is 0 Å². The number of esters is 1. The van der Waals surface area contributed by atoms with E-state index in [4.69, 9.17) is 4.74 Å². The molecule has 0 unspecified atom stereocenters. The van der Waals surface area contributed by atoms with E-state index in [1.54, 1.807) is 43.5 Å². The van der Waals surface area contributed by atoms with E-state index < -0.39 is 5.97 Å². The Labute approximate surface area is 159 Å². The van der Waals surface area contributed by atoms with Gasteiger partial charge in [-0.05, 0) is 58.3 Å². The van der Waals surface area contributed by atoms with Crippen molar-refractivity contribution < 1.29 is 14.3 Å². The molecule has 0 radical (unpaired) electrons. The molecule has 2 aromatic rings. The molecule has 0 fully saturated rings. The van der Waals surface area contributed by atoms with E-state index in [2.05, 4.69) is 20.5 Å². The van der Waals surface area contributed by atoms with E-state index in [1.165, 1.54) is 0 Å². The minimum Gasteiger partial charge on any atom is -0.462 e. The standard InChI is InChI=1S/C20H26N4O3/c1-4-27-20(26)16-8-5-6-9-17(16)23-19(25)18-11-10-15(14-22-18)21-12-7-13-24(2)3/h5-6,8-11,14,21H,4,7,12-13H2,1-3H3,(H,23,25). The average molecular weight is 370 g/mol. The Kier molecular flexibility index (Phi) is 7.76. The van der Waals surface area contributed by atoms with Crippen LogP contribution in [0.4, 0.5) is 11.4 Å². The van der Waals surface area contributed by atoms with Crippen LogP contribution in [0.25, 0.3) is 0 Å². The maximum atomic E-state index is 12.4. The maximum absolute atomic E-state index is 12.4. The third-order valence-electron chi connectivity index (χ3n) is 3.78. The number of anilines is 2. The van der Waals surface area contributed by atoms with Gasteiger partial charge in [-0.3, -0.25) is 4.79 Å². The van der Waals surface area contributed by atoms with Crippen molar-refractivity contribution >= 4 is 23.3 Å². The summed E-state index contributed by atoms with van der Waals surface area (Å²) in [6.07, 6.45) is 2.64. The van der Waals surface area contributed by atoms with Gasteiger partial charge in [0, 0.05) is 6.54 Å². The number of carbonyl (C=O) groups is 2. The zero-order valence-electron chi connectivity index (χ0n) is 16.0. The van der Waals surface area contributed by atoms with Crippen LogP contribution < -0.4 is 10.6 Å². The second kappa shape index (κ2) is 10.3. The molecule has 0 saturated heterocycles. The molecule has 27 heavy (non-hydrogen) atoms. The quantitative estimate of drug-likeness (QED) is 0.522. The van der Waals surface area contributed by atoms with Gasteiger partial charge in [-0.25, -0.2) is 9.78 Å². The molecule has 1 aromatic heterocycles. The Morgan fingerprint density at radius 3 is 2.59 bits per heavy atom. The molecule has 144 valence electrons. The molecule has 1 heterocycles. The van der Waals surface area contributed by atoms with Crippen LogP contribution in [0.1, 0.15) is 34.2 Å². The number of carbonyl (C=O) groups excluding carboxylic acids is 2. The fourth-order valence-corrected chi connectivity index (χ4v) is 2.43. The second-order valence-corrected chi connectivity index (χ2v) is 6.24. The number of aromatic nitrogens is 1. The number of benzene rings is 1. The first kappa shape index (κ1) is 20.4. The van der Waals surface area contributed by atoms with Crippen LogP contribution in [-0.4, -0.2) is 55.6 Å². The van der Waals surface area contributed by atoms with E-state index in [0.29, 0.717) is 11.3 Å². The van der Waals surface area contributed by atoms with Crippen LogP contribution in [0.3, 0.4) is 0 Å². The van der Waals surface area contributed by atoms with Gasteiger partial charge in [0.15, 0.2) is 0 Å². The maximum Gasteiger partial charge on any atom is 0.340 e. The van der Waals surface area contributed by atoms with Gasteiger partial charge in [-0.1, -0.05) is 12.1 Å². The molecule has 1 amide bonds. The monoisotopic (exact) mass is 370 g/mol. The highest BCUT2D eigenvalue weighted by atomic mass is 16.5. The van der Waals surface area contributed by atoms with E-state index in [-0.39, 0.29) is 18.2 Å². The molecule has 0 aliphatic rings. The summed E-state index contributed by atoms with van der Waals surface area (Å²) in [4.78, 5) is 30.8. The summed E-state index contributed by atoms with van der Waals surface area (Å²) in [5, 5.41) is 5.99. The number of hydrogen-bond donors (Lipinski definition) is 2. The van der Waals surface area contributed by atoms with Crippen LogP contribution in [0.15, 0.2) is 42.6 Å². The van der Waals surface area contributed by atoms with Crippen molar-refractivity contribution in [2.24, 2.45) is 0 Å². The second-order valence-electron chi connectivity index (χ2n) is 6.24. The molecular weight excluding hydrogens is 344 g/mol. The third kappa shape index (κ3) is 6.38. The molecule has 1 aromatic carbocycles. The van der Waals surface area contributed by atoms with Crippen LogP contribution in [0, 0.1) is 0 Å². The lowest BCUT2D eigenvalue weighted by molar-refractivity contribution is 0.0527. The first-order chi connectivity index (χ1) is 13.0. The summed E-state index contributed by atoms with van der Waals surface area (Å²) < 4.78 is 5.02. The Morgan fingerprint density at radius 2 is 1.93 bits per heavy atom. The molecule has 7 heteroatoms. The number of nitrogens with one attached hydrogen (secondary N) is 2. The van der Waals surface area contributed by atoms with E-state index in [9.17, 15) is 9.59 Å². The van der Waals surface area contributed by atoms with Crippen molar-refractivity contribution in [3.05, 3.63) is 53.9 Å². The summed E-state index contributed by atoms with van der Waals surface area (Å²) in [6, 6.07) is 10.2. The largest absolute Gasteiger partial charge is 0.462 e. The normalized spacial score (nSPS) is 10.5. The Balaban J connectivity index is 1.97. The molecule has 0 spiro atoms. The molecule has 2 N–H and O–H groups in total. The highest BCUT2D eigenvalue weighted by molar-refractivity contribution is 6.07. The highest BCUT2D eigenvalue weighted by Gasteiger charge is 2.15. The summed E-state index contributed by atoms with van der Waals surface area (Å²) in [6.45, 7) is 3.84. The van der Waals surface area contributed by atoms with Crippen molar-refractivity contribution in [3.63, 3.8) is 0 Å². The number of rotatable bonds is 9. The summed E-state index contributed by atoms with van der Waals surface area (Å²) in [5.41, 5.74) is 1.84. The fourth-order valence-electron chi connectivity index (χ4n) is 2.43. The van der Waals surface area contributed by atoms with E-state index in [1.807, 2.05) is 20.2 Å². The molecule has 7 nitrogen and oxygen atoms in total. The van der Waals surface area contributed by atoms with Crippen LogP contribution in [-0.2, 0) is 4.74 Å². The minimum absolute atomic E-state index is 0.270. The van der Waals surface area contributed by atoms with E-state index in [0.717, 1.165) is 25.2 Å². The van der Waals surface area contributed by atoms with Gasteiger partial charge in [-0.15, -0.1) is 0 Å². The van der Waals surface area contributed by atoms with Gasteiger partial charge >= 0.3 is 5.97 Å². The number of nitrogens with zero attached hydrogens (tertiary/aromatic N) is 2. The number of amides is 1. The van der Waals surface area contributed by atoms with Crippen LogP contribution in [0.2, 0.25) is 0 Å². The topological polar surface area (TPSA) is 83.6 Å². The van der Waals surface area contributed by atoms with Gasteiger partial charge in [0.1, 0.15) is 5.69 Å². The molecule has 2 rings (SSSR count). The van der Waals surface area contributed by atoms with Crippen LogP contribution in [0.5, 0.6) is 0 Å². The zero-order chi connectivity index (χ0) is 19.6. The molecule has 0 bridgehead atoms. The SMILES string of the molecule is CCOC(=O)c1ccccc1NC(=O)c1ccc(NCCCN(C)C)cn1. The first-order valence-electron chi connectivity index (χ1n) is 8.93. The predicted molar refractivity (Wildman–Crippen MR) is 106 cm³/mol. The molecule has 0 saturated carbocycles. The first-order valence-corrected chi connectivity index (χ1v) is 8.93. The Hall–Kier alpha value is -2.93. The van der Waals surface area contributed by atoms with Crippen molar-refractivity contribution in [3.8, 4) is 0 Å². The van der Waals surface area contributed by atoms with Gasteiger partial charge in [0.25, 0.3) is 5.91 Å². The fraction of sp³-hybridized carbons (Fsp3) is 0.350. The van der Waals surface area contributed by atoms with Gasteiger partial charge in [0.05, 0.1) is 29.7 Å². The minimum atomic E-state index is -0.473. The molecule has 0 aliphatic carbocycles. The highest BCUT2D eigenvalue weighted by Crippen LogP contribution is 2.17. The van der Waals surface area contributed by atoms with Crippen molar-refractivity contribution in [1.29, 1.82) is 0 Å². The third-order valence-corrected chi connectivity index (χ3v) is 3.78. The average Bonchev–Trinajstić information content (AvgIpc) is 2.66.